The van der Waals surface area contributed by atoms with Crippen molar-refractivity contribution in [3.8, 4) is 23.8 Å². The molecular weight excluding hydrogens is 346 g/mol. The van der Waals surface area contributed by atoms with Gasteiger partial charge in [-0.2, -0.15) is 0 Å². The molecule has 0 radical (unpaired) electrons. The maximum Gasteiger partial charge on any atom is 0.273 e. The molecule has 0 atom stereocenters. The SMILES string of the molecule is C#CCOc1ccc(/C=C/C(=O)c2ccc(C)c([N+](=O)[O-])c2)cc1OCC. The van der Waals surface area contributed by atoms with Crippen LogP contribution in [0.5, 0.6) is 11.5 Å². The Hall–Kier alpha value is -3.59. The van der Waals surface area contributed by atoms with Crippen LogP contribution in [-0.2, 0) is 0 Å². The number of ketones is 1. The molecule has 2 rings (SSSR count). The molecule has 0 aliphatic carbocycles. The van der Waals surface area contributed by atoms with Crippen molar-refractivity contribution in [2.45, 2.75) is 13.8 Å². The van der Waals surface area contributed by atoms with Crippen molar-refractivity contribution in [2.75, 3.05) is 13.2 Å². The largest absolute Gasteiger partial charge is 0.490 e. The van der Waals surface area contributed by atoms with Gasteiger partial charge in [0.15, 0.2) is 17.3 Å². The number of allylic oxidation sites excluding steroid dienone is 1. The van der Waals surface area contributed by atoms with Crippen LogP contribution in [0.25, 0.3) is 6.08 Å². The van der Waals surface area contributed by atoms with E-state index in [-0.39, 0.29) is 23.6 Å². The molecule has 0 saturated heterocycles. The fraction of sp³-hybridized carbons (Fsp3) is 0.190. The van der Waals surface area contributed by atoms with E-state index in [0.29, 0.717) is 23.7 Å². The van der Waals surface area contributed by atoms with Crippen molar-refractivity contribution in [1.82, 2.24) is 0 Å². The second-order valence-corrected chi connectivity index (χ2v) is 5.59. The minimum absolute atomic E-state index is 0.0807. The summed E-state index contributed by atoms with van der Waals surface area (Å²) >= 11 is 0. The molecule has 0 fully saturated rings. The van der Waals surface area contributed by atoms with Crippen molar-refractivity contribution >= 4 is 17.5 Å². The smallest absolute Gasteiger partial charge is 0.273 e. The molecule has 27 heavy (non-hydrogen) atoms. The zero-order valence-corrected chi connectivity index (χ0v) is 15.1. The summed E-state index contributed by atoms with van der Waals surface area (Å²) in [6, 6.07) is 9.61. The second kappa shape index (κ2) is 9.20. The van der Waals surface area contributed by atoms with Crippen molar-refractivity contribution in [3.05, 3.63) is 69.3 Å². The summed E-state index contributed by atoms with van der Waals surface area (Å²) in [4.78, 5) is 22.9. The molecule has 0 bridgehead atoms. The predicted octanol–water partition coefficient (Wildman–Crippen LogP) is 4.21. The number of hydrogen-bond acceptors (Lipinski definition) is 5. The number of benzene rings is 2. The highest BCUT2D eigenvalue weighted by molar-refractivity contribution is 6.07. The van der Waals surface area contributed by atoms with Crippen molar-refractivity contribution in [2.24, 2.45) is 0 Å². The molecule has 0 aliphatic rings. The Morgan fingerprint density at radius 1 is 1.22 bits per heavy atom. The summed E-state index contributed by atoms with van der Waals surface area (Å²) < 4.78 is 11.0. The molecular formula is C21H19NO5. The number of nitrogens with zero attached hydrogens (tertiary/aromatic N) is 1. The molecule has 6 heteroatoms. The summed E-state index contributed by atoms with van der Waals surface area (Å²) in [5.41, 5.74) is 1.40. The average molecular weight is 365 g/mol. The lowest BCUT2D eigenvalue weighted by Gasteiger charge is -2.10. The topological polar surface area (TPSA) is 78.7 Å². The predicted molar refractivity (Wildman–Crippen MR) is 103 cm³/mol. The summed E-state index contributed by atoms with van der Waals surface area (Å²) in [5.74, 6) is 3.10. The van der Waals surface area contributed by atoms with E-state index < -0.39 is 4.92 Å². The first-order chi connectivity index (χ1) is 13.0. The maximum absolute atomic E-state index is 12.3. The third-order valence-electron chi connectivity index (χ3n) is 3.70. The third kappa shape index (κ3) is 5.19. The number of terminal acetylenes is 1. The van der Waals surface area contributed by atoms with Gasteiger partial charge in [-0.05, 0) is 37.6 Å². The van der Waals surface area contributed by atoms with Gasteiger partial charge in [0, 0.05) is 17.2 Å². The van der Waals surface area contributed by atoms with Crippen LogP contribution in [0.4, 0.5) is 5.69 Å². The van der Waals surface area contributed by atoms with Gasteiger partial charge >= 0.3 is 0 Å². The Morgan fingerprint density at radius 3 is 2.67 bits per heavy atom. The lowest BCUT2D eigenvalue weighted by Crippen LogP contribution is -2.00. The lowest BCUT2D eigenvalue weighted by atomic mass is 10.1. The highest BCUT2D eigenvalue weighted by Gasteiger charge is 2.13. The molecule has 0 aromatic heterocycles. The van der Waals surface area contributed by atoms with E-state index in [1.54, 1.807) is 43.3 Å². The van der Waals surface area contributed by atoms with Crippen molar-refractivity contribution in [3.63, 3.8) is 0 Å². The molecule has 0 unspecified atom stereocenters. The normalized spacial score (nSPS) is 10.4. The van der Waals surface area contributed by atoms with E-state index in [0.717, 1.165) is 5.56 Å². The first-order valence-electron chi connectivity index (χ1n) is 8.26. The van der Waals surface area contributed by atoms with E-state index in [2.05, 4.69) is 5.92 Å². The standard InChI is InChI=1S/C21H19NO5/c1-4-12-27-20-11-8-16(13-21(20)26-5-2)7-10-19(23)17-9-6-15(3)18(14-17)22(24)25/h1,6-11,13-14H,5,12H2,2-3H3/b10-7+. The Labute approximate surface area is 157 Å². The van der Waals surface area contributed by atoms with Crippen LogP contribution < -0.4 is 9.47 Å². The summed E-state index contributed by atoms with van der Waals surface area (Å²) in [5, 5.41) is 11.0. The molecule has 0 aliphatic heterocycles. The first-order valence-corrected chi connectivity index (χ1v) is 8.26. The summed E-state index contributed by atoms with van der Waals surface area (Å²) in [6.45, 7) is 4.05. The quantitative estimate of drug-likeness (QED) is 0.230. The number of carbonyl (C=O) groups excluding carboxylic acids is 1. The van der Waals surface area contributed by atoms with Gasteiger partial charge in [-0.1, -0.05) is 30.2 Å². The van der Waals surface area contributed by atoms with Gasteiger partial charge in [0.2, 0.25) is 0 Å². The fourth-order valence-corrected chi connectivity index (χ4v) is 2.36. The molecule has 0 amide bonds. The first kappa shape index (κ1) is 19.7. The van der Waals surface area contributed by atoms with Gasteiger partial charge in [0.05, 0.1) is 11.5 Å². The van der Waals surface area contributed by atoms with E-state index in [1.165, 1.54) is 12.1 Å². The third-order valence-corrected chi connectivity index (χ3v) is 3.70. The zero-order chi connectivity index (χ0) is 19.8. The van der Waals surface area contributed by atoms with Crippen LogP contribution in [0, 0.1) is 29.4 Å². The average Bonchev–Trinajstić information content (AvgIpc) is 2.65. The number of nitro benzene ring substituents is 1. The highest BCUT2D eigenvalue weighted by Crippen LogP contribution is 2.29. The molecule has 2 aromatic rings. The zero-order valence-electron chi connectivity index (χ0n) is 15.1. The number of ether oxygens (including phenoxy) is 2. The molecule has 2 aromatic carbocycles. The second-order valence-electron chi connectivity index (χ2n) is 5.59. The monoisotopic (exact) mass is 365 g/mol. The minimum atomic E-state index is -0.501. The van der Waals surface area contributed by atoms with Crippen molar-refractivity contribution < 1.29 is 19.2 Å². The lowest BCUT2D eigenvalue weighted by molar-refractivity contribution is -0.385. The Balaban J connectivity index is 2.23. The highest BCUT2D eigenvalue weighted by atomic mass is 16.6. The number of rotatable bonds is 8. The fourth-order valence-electron chi connectivity index (χ4n) is 2.36. The van der Waals surface area contributed by atoms with Crippen LogP contribution in [0.3, 0.4) is 0 Å². The molecule has 0 heterocycles. The summed E-state index contributed by atoms with van der Waals surface area (Å²) in [6.07, 6.45) is 8.17. The van der Waals surface area contributed by atoms with Gasteiger partial charge in [-0.25, -0.2) is 0 Å². The Kier molecular flexibility index (Phi) is 6.73. The van der Waals surface area contributed by atoms with Crippen LogP contribution >= 0.6 is 0 Å². The maximum atomic E-state index is 12.3. The van der Waals surface area contributed by atoms with Crippen molar-refractivity contribution in [1.29, 1.82) is 0 Å². The number of carbonyl (C=O) groups is 1. The van der Waals surface area contributed by atoms with E-state index in [1.807, 2.05) is 6.92 Å². The van der Waals surface area contributed by atoms with Crippen LogP contribution in [0.1, 0.15) is 28.4 Å². The Bertz CT molecular complexity index is 925. The van der Waals surface area contributed by atoms with Crippen LogP contribution in [0.2, 0.25) is 0 Å². The van der Waals surface area contributed by atoms with E-state index in [9.17, 15) is 14.9 Å². The van der Waals surface area contributed by atoms with E-state index in [4.69, 9.17) is 15.9 Å². The minimum Gasteiger partial charge on any atom is -0.490 e. The summed E-state index contributed by atoms with van der Waals surface area (Å²) in [7, 11) is 0. The van der Waals surface area contributed by atoms with Crippen LogP contribution in [-0.4, -0.2) is 23.9 Å². The van der Waals surface area contributed by atoms with Gasteiger partial charge < -0.3 is 9.47 Å². The van der Waals surface area contributed by atoms with Gasteiger partial charge in [-0.3, -0.25) is 14.9 Å². The van der Waals surface area contributed by atoms with Gasteiger partial charge in [-0.15, -0.1) is 6.42 Å². The number of aryl methyl sites for hydroxylation is 1. The molecule has 138 valence electrons. The molecule has 0 N–H and O–H groups in total. The van der Waals surface area contributed by atoms with Gasteiger partial charge in [0.1, 0.15) is 6.61 Å². The van der Waals surface area contributed by atoms with E-state index >= 15 is 0 Å². The number of hydrogen-bond donors (Lipinski definition) is 0. The number of nitro groups is 1. The molecule has 0 spiro atoms. The Morgan fingerprint density at radius 2 is 2.00 bits per heavy atom. The molecule has 0 saturated carbocycles. The van der Waals surface area contributed by atoms with Crippen LogP contribution in [0.15, 0.2) is 42.5 Å². The molecule has 6 nitrogen and oxygen atoms in total. The van der Waals surface area contributed by atoms with Gasteiger partial charge in [0.25, 0.3) is 5.69 Å².